The van der Waals surface area contributed by atoms with E-state index in [9.17, 15) is 25.2 Å². The molecule has 3 heterocycles. The monoisotopic (exact) mass is 660 g/mol. The predicted octanol–water partition coefficient (Wildman–Crippen LogP) is 3.61. The fourth-order valence-corrected chi connectivity index (χ4v) is 13.5. The number of rotatable bonds is 4. The van der Waals surface area contributed by atoms with E-state index in [0.717, 1.165) is 44.9 Å². The summed E-state index contributed by atoms with van der Waals surface area (Å²) in [6.07, 6.45) is 2.77. The van der Waals surface area contributed by atoms with Gasteiger partial charge in [0.1, 0.15) is 24.4 Å². The third-order valence-electron chi connectivity index (χ3n) is 15.5. The van der Waals surface area contributed by atoms with E-state index in [0.29, 0.717) is 5.92 Å². The van der Waals surface area contributed by atoms with Gasteiger partial charge in [-0.05, 0) is 92.3 Å². The lowest BCUT2D eigenvalue weighted by atomic mass is 9.44. The molecule has 264 valence electrons. The van der Waals surface area contributed by atoms with Crippen molar-refractivity contribution in [1.82, 2.24) is 0 Å². The lowest BCUT2D eigenvalue weighted by molar-refractivity contribution is -0.302. The number of carbonyl (C=O) groups excluding carboxylic acids is 1. The van der Waals surface area contributed by atoms with Gasteiger partial charge in [-0.25, -0.2) is 0 Å². The fourth-order valence-electron chi connectivity index (χ4n) is 13.5. The van der Waals surface area contributed by atoms with Gasteiger partial charge >= 0.3 is 5.97 Å². The van der Waals surface area contributed by atoms with Gasteiger partial charge in [0, 0.05) is 18.3 Å². The molecule has 7 fully saturated rings. The van der Waals surface area contributed by atoms with Gasteiger partial charge in [-0.2, -0.15) is 0 Å². The number of esters is 1. The lowest BCUT2D eigenvalue weighted by Gasteiger charge is -2.60. The molecule has 10 heteroatoms. The van der Waals surface area contributed by atoms with Gasteiger partial charge in [-0.3, -0.25) is 4.79 Å². The van der Waals surface area contributed by atoms with Crippen molar-refractivity contribution in [3.8, 4) is 0 Å². The molecule has 47 heavy (non-hydrogen) atoms. The minimum atomic E-state index is -1.29. The van der Waals surface area contributed by atoms with Gasteiger partial charge in [-0.1, -0.05) is 46.3 Å². The van der Waals surface area contributed by atoms with Gasteiger partial charge in [-0.15, -0.1) is 0 Å². The molecule has 8 aliphatic rings. The van der Waals surface area contributed by atoms with Gasteiger partial charge in [0.05, 0.1) is 24.4 Å². The van der Waals surface area contributed by atoms with Crippen LogP contribution in [0.25, 0.3) is 0 Å². The van der Waals surface area contributed by atoms with Gasteiger partial charge in [0.25, 0.3) is 0 Å². The van der Waals surface area contributed by atoms with Crippen LogP contribution in [0.4, 0.5) is 0 Å². The van der Waals surface area contributed by atoms with Crippen LogP contribution in [0.2, 0.25) is 0 Å². The third kappa shape index (κ3) is 3.88. The molecule has 0 radical (unpaired) electrons. The van der Waals surface area contributed by atoms with Crippen LogP contribution in [0.3, 0.4) is 0 Å². The molecule has 2 bridgehead atoms. The number of fused-ring (bicyclic) bond motifs is 4. The molecule has 0 aromatic carbocycles. The lowest BCUT2D eigenvalue weighted by Crippen LogP contribution is -2.59. The summed E-state index contributed by atoms with van der Waals surface area (Å²) in [4.78, 5) is 11.7. The normalized spacial score (nSPS) is 57.1. The average Bonchev–Trinajstić information content (AvgIpc) is 3.49. The van der Waals surface area contributed by atoms with Crippen molar-refractivity contribution in [3.05, 3.63) is 11.6 Å². The number of hydrogen-bond donors (Lipinski definition) is 4. The molecule has 4 N–H and O–H groups in total. The maximum absolute atomic E-state index is 12.7. The van der Waals surface area contributed by atoms with E-state index in [1.54, 1.807) is 13.8 Å². The molecule has 0 aromatic heterocycles. The maximum atomic E-state index is 12.7. The Hall–Kier alpha value is -1.11. The SMILES string of the molecule is CC(=O)O[C@@H]1[C@@H](O)[C@H](O[C@H]2CC[C@]34C[C@]35CC[C@]3(C)[C@H]6[C@H](C)C[C@H]7O[C@@]6(O[C@@H]7C(C)(C)O)[C@H](O)[C@@]3(C)C5=CC[C@H]4C2(C)C)OC[C@H]1O. The Balaban J connectivity index is 1.10. The minimum Gasteiger partial charge on any atom is -0.457 e. The highest BCUT2D eigenvalue weighted by Gasteiger charge is 2.86. The number of aliphatic hydroxyl groups excluding tert-OH is 3. The number of hydrogen-bond acceptors (Lipinski definition) is 10. The second-order valence-corrected chi connectivity index (χ2v) is 18.4. The summed E-state index contributed by atoms with van der Waals surface area (Å²) in [7, 11) is 0. The minimum absolute atomic E-state index is 0.000188. The van der Waals surface area contributed by atoms with Crippen molar-refractivity contribution < 1.29 is 48.9 Å². The Bertz CT molecular complexity index is 1370. The summed E-state index contributed by atoms with van der Waals surface area (Å²) in [5, 5.41) is 45.1. The van der Waals surface area contributed by atoms with Crippen LogP contribution in [0.1, 0.15) is 100 Å². The van der Waals surface area contributed by atoms with Crippen LogP contribution in [0.5, 0.6) is 0 Å². The quantitative estimate of drug-likeness (QED) is 0.261. The zero-order valence-electron chi connectivity index (χ0n) is 29.3. The molecule has 0 amide bonds. The molecular weight excluding hydrogens is 604 g/mol. The predicted molar refractivity (Wildman–Crippen MR) is 168 cm³/mol. The summed E-state index contributed by atoms with van der Waals surface area (Å²) in [6.45, 7) is 16.2. The van der Waals surface area contributed by atoms with Crippen molar-refractivity contribution in [3.63, 3.8) is 0 Å². The van der Waals surface area contributed by atoms with Crippen molar-refractivity contribution >= 4 is 5.97 Å². The Kier molecular flexibility index (Phi) is 6.90. The summed E-state index contributed by atoms with van der Waals surface area (Å²) in [5.41, 5.74) is -0.600. The molecule has 10 nitrogen and oxygen atoms in total. The smallest absolute Gasteiger partial charge is 0.303 e. The van der Waals surface area contributed by atoms with Crippen LogP contribution in [-0.2, 0) is 28.5 Å². The number of allylic oxidation sites excluding steroid dienone is 1. The van der Waals surface area contributed by atoms with Crippen molar-refractivity contribution in [2.24, 2.45) is 44.8 Å². The van der Waals surface area contributed by atoms with E-state index in [4.69, 9.17) is 23.7 Å². The molecule has 0 aromatic rings. The molecule has 3 aliphatic heterocycles. The number of carbonyl (C=O) groups is 1. The average molecular weight is 661 g/mol. The van der Waals surface area contributed by atoms with E-state index < -0.39 is 59.6 Å². The van der Waals surface area contributed by atoms with Gasteiger partial charge < -0.3 is 44.1 Å². The molecule has 5 aliphatic carbocycles. The summed E-state index contributed by atoms with van der Waals surface area (Å²) < 4.78 is 31.2. The molecule has 3 saturated heterocycles. The second kappa shape index (κ2) is 9.81. The Morgan fingerprint density at radius 2 is 1.79 bits per heavy atom. The molecule has 4 saturated carbocycles. The first-order valence-electron chi connectivity index (χ1n) is 18.1. The molecular formula is C37H56O10. The van der Waals surface area contributed by atoms with Crippen LogP contribution in [0.15, 0.2) is 11.6 Å². The zero-order valence-corrected chi connectivity index (χ0v) is 29.3. The van der Waals surface area contributed by atoms with Crippen molar-refractivity contribution in [2.75, 3.05) is 6.61 Å². The summed E-state index contributed by atoms with van der Waals surface area (Å²) in [5.74, 6) is -1.07. The van der Waals surface area contributed by atoms with E-state index >= 15 is 0 Å². The van der Waals surface area contributed by atoms with E-state index in [1.165, 1.54) is 12.5 Å². The van der Waals surface area contributed by atoms with Crippen molar-refractivity contribution in [2.45, 2.75) is 161 Å². The second-order valence-electron chi connectivity index (χ2n) is 18.4. The largest absolute Gasteiger partial charge is 0.457 e. The molecule has 0 unspecified atom stereocenters. The van der Waals surface area contributed by atoms with Crippen molar-refractivity contribution in [1.29, 1.82) is 0 Å². The first kappa shape index (κ1) is 33.1. The zero-order chi connectivity index (χ0) is 33.9. The summed E-state index contributed by atoms with van der Waals surface area (Å²) >= 11 is 0. The van der Waals surface area contributed by atoms with Gasteiger partial charge in [0.2, 0.25) is 0 Å². The third-order valence-corrected chi connectivity index (χ3v) is 15.5. The standard InChI is InChI=1S/C37H56O10/c1-18-15-21-28(32(5,6)42)47-37(46-21)27(18)33(7)13-14-36-17-35(36)12-11-24(45-29-25(40)26(44-19(2)38)20(39)16-43-29)31(3,4)22(35)9-10-23(36)34(33,8)30(37)41/h10,18,20-22,24-30,39-42H,9,11-17H2,1-8H3/t18-,20-,21-,22+,24+,25-,26+,27-,28+,29+,30-,33-,34-,35-,36+,37+/m1/s1. The van der Waals surface area contributed by atoms with Crippen LogP contribution < -0.4 is 0 Å². The fraction of sp³-hybridized carbons (Fsp3) is 0.919. The number of aliphatic hydroxyl groups is 4. The van der Waals surface area contributed by atoms with E-state index in [1.807, 2.05) is 0 Å². The molecule has 8 rings (SSSR count). The Labute approximate surface area is 278 Å². The van der Waals surface area contributed by atoms with Crippen LogP contribution in [0, 0.1) is 44.8 Å². The Morgan fingerprint density at radius 1 is 1.06 bits per heavy atom. The summed E-state index contributed by atoms with van der Waals surface area (Å²) in [6, 6.07) is 0. The highest BCUT2D eigenvalue weighted by molar-refractivity contribution is 5.66. The van der Waals surface area contributed by atoms with Crippen LogP contribution in [-0.4, -0.2) is 93.4 Å². The topological polar surface area (TPSA) is 144 Å². The first-order chi connectivity index (χ1) is 21.8. The van der Waals surface area contributed by atoms with E-state index in [2.05, 4.69) is 40.7 Å². The molecule has 16 atom stereocenters. The Morgan fingerprint density at radius 3 is 2.47 bits per heavy atom. The number of ether oxygens (including phenoxy) is 5. The maximum Gasteiger partial charge on any atom is 0.303 e. The molecule has 3 spiro atoms. The van der Waals surface area contributed by atoms with Gasteiger partial charge in [0.15, 0.2) is 18.2 Å². The first-order valence-corrected chi connectivity index (χ1v) is 18.1. The highest BCUT2D eigenvalue weighted by Crippen LogP contribution is 2.89. The highest BCUT2D eigenvalue weighted by atomic mass is 16.8. The van der Waals surface area contributed by atoms with Crippen LogP contribution >= 0.6 is 0 Å². The van der Waals surface area contributed by atoms with E-state index in [-0.39, 0.29) is 52.3 Å².